The maximum Gasteiger partial charge on any atom is 0.126 e. The average Bonchev–Trinajstić information content (AvgIpc) is 2.46. The number of benzene rings is 1. The second-order valence-corrected chi connectivity index (χ2v) is 5.98. The largest absolute Gasteiger partial charge is 0.384 e. The van der Waals surface area contributed by atoms with Crippen molar-refractivity contribution in [3.63, 3.8) is 0 Å². The Hall–Kier alpha value is -1.16. The molecule has 0 radical (unpaired) electrons. The normalized spacial score (nSPS) is 19.5. The highest BCUT2D eigenvalue weighted by molar-refractivity contribution is 7.98. The molecule has 19 heavy (non-hydrogen) atoms. The Bertz CT molecular complexity index is 459. The molecule has 1 fully saturated rings. The molecule has 2 rings (SSSR count). The second-order valence-electron chi connectivity index (χ2n) is 5.13. The van der Waals surface area contributed by atoms with Crippen LogP contribution in [0.3, 0.4) is 0 Å². The highest BCUT2D eigenvalue weighted by atomic mass is 32.2. The van der Waals surface area contributed by atoms with Crippen LogP contribution in [0.25, 0.3) is 0 Å². The molecule has 1 heterocycles. The summed E-state index contributed by atoms with van der Waals surface area (Å²) >= 11 is 1.66. The Kier molecular flexibility index (Phi) is 4.75. The van der Waals surface area contributed by atoms with Crippen molar-refractivity contribution in [2.45, 2.75) is 31.1 Å². The number of rotatable bonds is 4. The number of nitrogens with two attached hydrogens (primary N) is 1. The Morgan fingerprint density at radius 3 is 2.95 bits per heavy atom. The fourth-order valence-corrected chi connectivity index (χ4v) is 3.47. The van der Waals surface area contributed by atoms with Crippen LogP contribution in [0.4, 0.5) is 5.69 Å². The summed E-state index contributed by atoms with van der Waals surface area (Å²) in [5, 5.41) is 7.87. The number of anilines is 1. The Balaban J connectivity index is 2.35. The molecule has 0 saturated carbocycles. The van der Waals surface area contributed by atoms with Crippen molar-refractivity contribution >= 4 is 23.3 Å². The second kappa shape index (κ2) is 6.33. The van der Waals surface area contributed by atoms with Crippen LogP contribution in [0.1, 0.15) is 31.7 Å². The van der Waals surface area contributed by atoms with Crippen LogP contribution >= 0.6 is 11.8 Å². The molecule has 0 aromatic heterocycles. The van der Waals surface area contributed by atoms with Gasteiger partial charge in [-0.15, -0.1) is 11.8 Å². The molecule has 1 saturated heterocycles. The summed E-state index contributed by atoms with van der Waals surface area (Å²) in [6.07, 6.45) is 5.83. The molecule has 104 valence electrons. The summed E-state index contributed by atoms with van der Waals surface area (Å²) in [5.41, 5.74) is 7.85. The molecular weight excluding hydrogens is 254 g/mol. The first-order valence-electron chi connectivity index (χ1n) is 6.93. The molecule has 1 aromatic carbocycles. The predicted octanol–water partition coefficient (Wildman–Crippen LogP) is 3.32. The number of thioether (sulfide) groups is 1. The van der Waals surface area contributed by atoms with Crippen molar-refractivity contribution in [1.82, 2.24) is 0 Å². The molecule has 1 aliphatic heterocycles. The Labute approximate surface area is 120 Å². The van der Waals surface area contributed by atoms with E-state index in [9.17, 15) is 0 Å². The van der Waals surface area contributed by atoms with Gasteiger partial charge in [0, 0.05) is 23.7 Å². The Morgan fingerprint density at radius 2 is 2.32 bits per heavy atom. The summed E-state index contributed by atoms with van der Waals surface area (Å²) in [4.78, 5) is 3.51. The van der Waals surface area contributed by atoms with Crippen LogP contribution in [-0.2, 0) is 0 Å². The van der Waals surface area contributed by atoms with E-state index < -0.39 is 0 Å². The monoisotopic (exact) mass is 277 g/mol. The first kappa shape index (κ1) is 14.3. The van der Waals surface area contributed by atoms with Gasteiger partial charge in [0.15, 0.2) is 0 Å². The number of amidine groups is 1. The van der Waals surface area contributed by atoms with Crippen molar-refractivity contribution < 1.29 is 0 Å². The summed E-state index contributed by atoms with van der Waals surface area (Å²) in [5.74, 6) is 0.949. The molecule has 0 amide bonds. The molecule has 0 aliphatic carbocycles. The van der Waals surface area contributed by atoms with Gasteiger partial charge in [-0.2, -0.15) is 0 Å². The minimum absolute atomic E-state index is 0.179. The third-order valence-electron chi connectivity index (χ3n) is 3.93. The van der Waals surface area contributed by atoms with Crippen molar-refractivity contribution in [1.29, 1.82) is 5.41 Å². The summed E-state index contributed by atoms with van der Waals surface area (Å²) in [6.45, 7) is 4.43. The first-order chi connectivity index (χ1) is 9.17. The standard InChI is InChI=1S/C15H23N3S/c1-3-11-6-5-9-18(10-11)12-7-4-8-13(19-2)14(12)15(16)17/h4,7-8,11H,3,5-6,9-10H2,1-2H3,(H3,16,17). The van der Waals surface area contributed by atoms with Gasteiger partial charge in [0.05, 0.1) is 5.56 Å². The zero-order chi connectivity index (χ0) is 13.8. The van der Waals surface area contributed by atoms with E-state index in [4.69, 9.17) is 11.1 Å². The van der Waals surface area contributed by atoms with Crippen molar-refractivity contribution in [3.05, 3.63) is 23.8 Å². The van der Waals surface area contributed by atoms with Crippen LogP contribution in [-0.4, -0.2) is 25.2 Å². The van der Waals surface area contributed by atoms with Gasteiger partial charge in [0.1, 0.15) is 5.84 Å². The fraction of sp³-hybridized carbons (Fsp3) is 0.533. The minimum atomic E-state index is 0.179. The van der Waals surface area contributed by atoms with E-state index in [1.165, 1.54) is 19.3 Å². The van der Waals surface area contributed by atoms with E-state index in [-0.39, 0.29) is 5.84 Å². The van der Waals surface area contributed by atoms with Gasteiger partial charge in [-0.05, 0) is 37.1 Å². The Morgan fingerprint density at radius 1 is 1.53 bits per heavy atom. The summed E-state index contributed by atoms with van der Waals surface area (Å²) in [7, 11) is 0. The lowest BCUT2D eigenvalue weighted by molar-refractivity contribution is 0.404. The van der Waals surface area contributed by atoms with Crippen molar-refractivity contribution in [2.75, 3.05) is 24.2 Å². The lowest BCUT2D eigenvalue weighted by Gasteiger charge is -2.35. The number of nitrogen functional groups attached to an aromatic ring is 1. The summed E-state index contributed by atoms with van der Waals surface area (Å²) < 4.78 is 0. The molecule has 3 N–H and O–H groups in total. The molecule has 3 nitrogen and oxygen atoms in total. The van der Waals surface area contributed by atoms with Gasteiger partial charge in [-0.25, -0.2) is 0 Å². The molecule has 1 aromatic rings. The summed E-state index contributed by atoms with van der Waals surface area (Å²) in [6, 6.07) is 6.23. The van der Waals surface area contributed by atoms with Crippen LogP contribution in [0.15, 0.2) is 23.1 Å². The molecule has 1 atom stereocenters. The number of nitrogens with one attached hydrogen (secondary N) is 1. The van der Waals surface area contributed by atoms with Gasteiger partial charge in [0.25, 0.3) is 0 Å². The SMILES string of the molecule is CCC1CCCN(c2cccc(SC)c2C(=N)N)C1. The van der Waals surface area contributed by atoms with E-state index in [0.717, 1.165) is 35.2 Å². The van der Waals surface area contributed by atoms with Crippen LogP contribution in [0, 0.1) is 11.3 Å². The number of hydrogen-bond donors (Lipinski definition) is 2. The predicted molar refractivity (Wildman–Crippen MR) is 84.5 cm³/mol. The molecule has 0 bridgehead atoms. The van der Waals surface area contributed by atoms with E-state index >= 15 is 0 Å². The van der Waals surface area contributed by atoms with Gasteiger partial charge in [-0.3, -0.25) is 5.41 Å². The third-order valence-corrected chi connectivity index (χ3v) is 4.71. The lowest BCUT2D eigenvalue weighted by Crippen LogP contribution is -2.36. The van der Waals surface area contributed by atoms with Crippen molar-refractivity contribution in [2.24, 2.45) is 11.7 Å². The topological polar surface area (TPSA) is 53.1 Å². The molecular formula is C15H23N3S. The van der Waals surface area contributed by atoms with E-state index in [1.54, 1.807) is 11.8 Å². The highest BCUT2D eigenvalue weighted by Gasteiger charge is 2.22. The van der Waals surface area contributed by atoms with Gasteiger partial charge < -0.3 is 10.6 Å². The zero-order valence-electron chi connectivity index (χ0n) is 11.8. The maximum absolute atomic E-state index is 7.87. The van der Waals surface area contributed by atoms with Crippen molar-refractivity contribution in [3.8, 4) is 0 Å². The smallest absolute Gasteiger partial charge is 0.126 e. The van der Waals surface area contributed by atoms with E-state index in [2.05, 4.69) is 24.0 Å². The quantitative estimate of drug-likeness (QED) is 0.504. The third kappa shape index (κ3) is 3.06. The van der Waals surface area contributed by atoms with Gasteiger partial charge in [-0.1, -0.05) is 19.4 Å². The molecule has 1 aliphatic rings. The van der Waals surface area contributed by atoms with Crippen LogP contribution in [0.2, 0.25) is 0 Å². The van der Waals surface area contributed by atoms with E-state index in [1.807, 2.05) is 12.3 Å². The first-order valence-corrected chi connectivity index (χ1v) is 8.16. The van der Waals surface area contributed by atoms with Crippen LogP contribution in [0.5, 0.6) is 0 Å². The highest BCUT2D eigenvalue weighted by Crippen LogP contribution is 2.32. The lowest BCUT2D eigenvalue weighted by atomic mass is 9.94. The zero-order valence-corrected chi connectivity index (χ0v) is 12.6. The molecule has 1 unspecified atom stereocenters. The number of hydrogen-bond acceptors (Lipinski definition) is 3. The van der Waals surface area contributed by atoms with Crippen LogP contribution < -0.4 is 10.6 Å². The molecule has 0 spiro atoms. The number of piperidine rings is 1. The maximum atomic E-state index is 7.87. The molecule has 4 heteroatoms. The average molecular weight is 277 g/mol. The minimum Gasteiger partial charge on any atom is -0.384 e. The van der Waals surface area contributed by atoms with E-state index in [0.29, 0.717) is 0 Å². The van der Waals surface area contributed by atoms with Gasteiger partial charge in [0.2, 0.25) is 0 Å². The number of nitrogens with zero attached hydrogens (tertiary/aromatic N) is 1. The van der Waals surface area contributed by atoms with Gasteiger partial charge >= 0.3 is 0 Å². The fourth-order valence-electron chi connectivity index (χ4n) is 2.84.